The van der Waals surface area contributed by atoms with Crippen molar-refractivity contribution in [2.75, 3.05) is 5.32 Å². The number of rotatable bonds is 3. The van der Waals surface area contributed by atoms with Gasteiger partial charge in [0.2, 0.25) is 0 Å². The van der Waals surface area contributed by atoms with E-state index in [-0.39, 0.29) is 0 Å². The van der Waals surface area contributed by atoms with Gasteiger partial charge in [0.15, 0.2) is 11.6 Å². The molecular weight excluding hydrogens is 278 g/mol. The Hall–Kier alpha value is -2.57. The molecule has 0 unspecified atom stereocenters. The summed E-state index contributed by atoms with van der Waals surface area (Å²) in [5, 5.41) is 10.6. The number of para-hydroxylation sites is 1. The van der Waals surface area contributed by atoms with Crippen molar-refractivity contribution in [1.82, 2.24) is 0 Å². The number of aromatic carboxylic acids is 1. The molecule has 0 saturated heterocycles. The van der Waals surface area contributed by atoms with Crippen LogP contribution in [0.25, 0.3) is 0 Å². The monoisotopic (exact) mass is 285 g/mol. The average Bonchev–Trinajstić information content (AvgIpc) is 2.36. The fourth-order valence-corrected chi connectivity index (χ4v) is 1.56. The Morgan fingerprint density at radius 1 is 0.900 bits per heavy atom. The second kappa shape index (κ2) is 5.20. The van der Waals surface area contributed by atoms with Crippen molar-refractivity contribution in [3.05, 3.63) is 59.2 Å². The molecule has 0 bridgehead atoms. The quantitative estimate of drug-likeness (QED) is 0.846. The zero-order valence-electron chi connectivity index (χ0n) is 9.75. The Kier molecular flexibility index (Phi) is 3.60. The third kappa shape index (κ3) is 2.56. The molecule has 0 amide bonds. The van der Waals surface area contributed by atoms with Crippen molar-refractivity contribution in [1.29, 1.82) is 0 Å². The van der Waals surface area contributed by atoms with E-state index in [1.54, 1.807) is 0 Å². The van der Waals surface area contributed by atoms with E-state index >= 15 is 0 Å². The fourth-order valence-electron chi connectivity index (χ4n) is 1.56. The number of benzene rings is 2. The third-order valence-corrected chi connectivity index (χ3v) is 2.50. The molecule has 0 aliphatic carbocycles. The molecule has 3 nitrogen and oxygen atoms in total. The topological polar surface area (TPSA) is 49.3 Å². The van der Waals surface area contributed by atoms with Crippen molar-refractivity contribution in [2.24, 2.45) is 0 Å². The van der Waals surface area contributed by atoms with Gasteiger partial charge in [-0.15, -0.1) is 0 Å². The lowest BCUT2D eigenvalue weighted by molar-refractivity contribution is 0.0696. The maximum Gasteiger partial charge on any atom is 0.335 e. The van der Waals surface area contributed by atoms with E-state index in [1.165, 1.54) is 0 Å². The summed E-state index contributed by atoms with van der Waals surface area (Å²) in [5.74, 6) is -6.14. The van der Waals surface area contributed by atoms with Gasteiger partial charge in [-0.25, -0.2) is 22.4 Å². The van der Waals surface area contributed by atoms with Gasteiger partial charge in [-0.1, -0.05) is 6.07 Å². The van der Waals surface area contributed by atoms with E-state index in [0.29, 0.717) is 12.1 Å². The highest BCUT2D eigenvalue weighted by molar-refractivity contribution is 5.88. The molecule has 2 rings (SSSR count). The van der Waals surface area contributed by atoms with E-state index in [1.807, 2.05) is 5.32 Å². The van der Waals surface area contributed by atoms with Crippen LogP contribution in [-0.4, -0.2) is 11.1 Å². The van der Waals surface area contributed by atoms with Crippen LogP contribution in [-0.2, 0) is 0 Å². The molecule has 0 spiro atoms. The Bertz CT molecular complexity index is 645. The largest absolute Gasteiger partial charge is 0.478 e. The van der Waals surface area contributed by atoms with Gasteiger partial charge in [-0.3, -0.25) is 0 Å². The third-order valence-electron chi connectivity index (χ3n) is 2.50. The summed E-state index contributed by atoms with van der Waals surface area (Å²) >= 11 is 0. The number of hydrogen-bond donors (Lipinski definition) is 2. The summed E-state index contributed by atoms with van der Waals surface area (Å²) in [6, 6.07) is 4.01. The van der Waals surface area contributed by atoms with Crippen LogP contribution in [0.1, 0.15) is 10.4 Å². The molecule has 2 aromatic rings. The van der Waals surface area contributed by atoms with Gasteiger partial charge in [-0.2, -0.15) is 0 Å². The second-order valence-electron chi connectivity index (χ2n) is 3.84. The molecule has 0 aromatic heterocycles. The van der Waals surface area contributed by atoms with Crippen LogP contribution in [0.4, 0.5) is 28.9 Å². The highest BCUT2D eigenvalue weighted by Crippen LogP contribution is 2.28. The molecule has 7 heteroatoms. The SMILES string of the molecule is O=C(O)c1cc(F)c(Nc2c(F)cccc2F)c(F)c1. The van der Waals surface area contributed by atoms with Crippen molar-refractivity contribution in [3.63, 3.8) is 0 Å². The average molecular weight is 285 g/mol. The summed E-state index contributed by atoms with van der Waals surface area (Å²) in [4.78, 5) is 10.6. The summed E-state index contributed by atoms with van der Waals surface area (Å²) < 4.78 is 54.0. The Balaban J connectivity index is 2.47. The number of carboxylic acid groups (broad SMARTS) is 1. The standard InChI is InChI=1S/C13H7F4NO2/c14-7-2-1-3-8(15)11(7)18-12-9(16)4-6(13(19)20)5-10(12)17/h1-5,18H,(H,19,20). The van der Waals surface area contributed by atoms with Gasteiger partial charge in [0.1, 0.15) is 23.0 Å². The normalized spacial score (nSPS) is 10.4. The van der Waals surface area contributed by atoms with Gasteiger partial charge >= 0.3 is 5.97 Å². The smallest absolute Gasteiger partial charge is 0.335 e. The predicted molar refractivity (Wildman–Crippen MR) is 63.0 cm³/mol. The molecule has 104 valence electrons. The molecule has 0 aliphatic heterocycles. The van der Waals surface area contributed by atoms with Crippen LogP contribution in [0.2, 0.25) is 0 Å². The fraction of sp³-hybridized carbons (Fsp3) is 0. The molecule has 0 heterocycles. The van der Waals surface area contributed by atoms with Crippen LogP contribution >= 0.6 is 0 Å². The second-order valence-corrected chi connectivity index (χ2v) is 3.84. The van der Waals surface area contributed by atoms with E-state index in [0.717, 1.165) is 18.2 Å². The van der Waals surface area contributed by atoms with Gasteiger partial charge in [0, 0.05) is 0 Å². The molecule has 0 radical (unpaired) electrons. The number of halogens is 4. The van der Waals surface area contributed by atoms with Crippen LogP contribution in [0.3, 0.4) is 0 Å². The van der Waals surface area contributed by atoms with E-state index in [9.17, 15) is 22.4 Å². The van der Waals surface area contributed by atoms with E-state index in [4.69, 9.17) is 5.11 Å². The van der Waals surface area contributed by atoms with Crippen molar-refractivity contribution in [2.45, 2.75) is 0 Å². The molecule has 0 saturated carbocycles. The summed E-state index contributed by atoms with van der Waals surface area (Å²) in [6.07, 6.45) is 0. The Morgan fingerprint density at radius 3 is 1.80 bits per heavy atom. The number of anilines is 2. The molecule has 0 atom stereocenters. The van der Waals surface area contributed by atoms with Crippen LogP contribution in [0, 0.1) is 23.3 Å². The van der Waals surface area contributed by atoms with E-state index < -0.39 is 46.2 Å². The number of hydrogen-bond acceptors (Lipinski definition) is 2. The van der Waals surface area contributed by atoms with Gasteiger partial charge in [-0.05, 0) is 24.3 Å². The Labute approximate surface area is 110 Å². The minimum Gasteiger partial charge on any atom is -0.478 e. The summed E-state index contributed by atoms with van der Waals surface area (Å²) in [7, 11) is 0. The number of carboxylic acids is 1. The van der Waals surface area contributed by atoms with E-state index in [2.05, 4.69) is 0 Å². The van der Waals surface area contributed by atoms with Gasteiger partial charge in [0.25, 0.3) is 0 Å². The van der Waals surface area contributed by atoms with Gasteiger partial charge in [0.05, 0.1) is 5.56 Å². The molecule has 2 aromatic carbocycles. The van der Waals surface area contributed by atoms with Crippen molar-refractivity contribution in [3.8, 4) is 0 Å². The summed E-state index contributed by atoms with van der Waals surface area (Å²) in [5.41, 5.74) is -2.17. The molecule has 0 aliphatic rings. The zero-order chi connectivity index (χ0) is 14.9. The predicted octanol–water partition coefficient (Wildman–Crippen LogP) is 3.68. The molecule has 0 fully saturated rings. The van der Waals surface area contributed by atoms with Crippen molar-refractivity contribution < 1.29 is 27.5 Å². The highest BCUT2D eigenvalue weighted by atomic mass is 19.1. The molecule has 20 heavy (non-hydrogen) atoms. The minimum absolute atomic E-state index is 0.548. The zero-order valence-corrected chi connectivity index (χ0v) is 9.75. The minimum atomic E-state index is -1.52. The van der Waals surface area contributed by atoms with Crippen LogP contribution < -0.4 is 5.32 Å². The van der Waals surface area contributed by atoms with Gasteiger partial charge < -0.3 is 10.4 Å². The highest BCUT2D eigenvalue weighted by Gasteiger charge is 2.17. The lowest BCUT2D eigenvalue weighted by Crippen LogP contribution is -2.05. The first-order chi connectivity index (χ1) is 9.40. The maximum atomic E-state index is 13.6. The first kappa shape index (κ1) is 13.9. The number of nitrogens with one attached hydrogen (secondary N) is 1. The van der Waals surface area contributed by atoms with Crippen LogP contribution in [0.15, 0.2) is 30.3 Å². The summed E-state index contributed by atoms with van der Waals surface area (Å²) in [6.45, 7) is 0. The Morgan fingerprint density at radius 2 is 1.35 bits per heavy atom. The number of carbonyl (C=O) groups is 1. The lowest BCUT2D eigenvalue weighted by Gasteiger charge is -2.11. The first-order valence-corrected chi connectivity index (χ1v) is 5.33. The molecule has 2 N–H and O–H groups in total. The van der Waals surface area contributed by atoms with Crippen LogP contribution in [0.5, 0.6) is 0 Å². The lowest BCUT2D eigenvalue weighted by atomic mass is 10.1. The molecular formula is C13H7F4NO2. The maximum absolute atomic E-state index is 13.6. The first-order valence-electron chi connectivity index (χ1n) is 5.33. The van der Waals surface area contributed by atoms with Crippen molar-refractivity contribution >= 4 is 17.3 Å².